The lowest BCUT2D eigenvalue weighted by molar-refractivity contribution is -0.137. The van der Waals surface area contributed by atoms with E-state index in [1.54, 1.807) is 12.2 Å². The van der Waals surface area contributed by atoms with Crippen molar-refractivity contribution in [3.63, 3.8) is 0 Å². The molecular weight excluding hydrogens is 586 g/mol. The minimum absolute atomic E-state index is 0.0777. The van der Waals surface area contributed by atoms with Gasteiger partial charge in [0.25, 0.3) is 5.91 Å². The second-order valence-electron chi connectivity index (χ2n) is 13.0. The van der Waals surface area contributed by atoms with Crippen LogP contribution in [0.1, 0.15) is 63.5 Å². The highest BCUT2D eigenvalue weighted by atomic mass is 16.2. The van der Waals surface area contributed by atoms with Crippen LogP contribution in [0.4, 0.5) is 5.69 Å². The number of allylic oxidation sites excluding steroid dienone is 2. The molecule has 0 radical (unpaired) electrons. The first-order valence-corrected chi connectivity index (χ1v) is 16.8. The molecular formula is C33H49N9O4. The summed E-state index contributed by atoms with van der Waals surface area (Å²) in [6.07, 6.45) is 13.5. The van der Waals surface area contributed by atoms with E-state index in [4.69, 9.17) is 11.5 Å². The zero-order valence-corrected chi connectivity index (χ0v) is 26.7. The largest absolute Gasteiger partial charge is 0.394 e. The molecule has 1 aromatic heterocycles. The number of carbonyl (C=O) groups is 4. The Morgan fingerprint density at radius 2 is 1.65 bits per heavy atom. The Balaban J connectivity index is 0.988. The van der Waals surface area contributed by atoms with Gasteiger partial charge in [0, 0.05) is 64.0 Å². The topological polar surface area (TPSA) is 179 Å². The Hall–Kier alpha value is -4.13. The van der Waals surface area contributed by atoms with Gasteiger partial charge in [-0.3, -0.25) is 34.4 Å². The van der Waals surface area contributed by atoms with E-state index in [-0.39, 0.29) is 42.3 Å². The van der Waals surface area contributed by atoms with Crippen LogP contribution in [0.5, 0.6) is 0 Å². The molecule has 1 unspecified atom stereocenters. The van der Waals surface area contributed by atoms with Gasteiger partial charge in [0.05, 0.1) is 29.8 Å². The molecule has 4 amide bonds. The third-order valence-corrected chi connectivity index (χ3v) is 9.59. The molecule has 250 valence electrons. The molecule has 0 bridgehead atoms. The second kappa shape index (κ2) is 15.9. The zero-order chi connectivity index (χ0) is 32.5. The van der Waals surface area contributed by atoms with Crippen LogP contribution in [0.2, 0.25) is 0 Å². The van der Waals surface area contributed by atoms with Gasteiger partial charge in [-0.15, -0.1) is 0 Å². The molecule has 13 heteroatoms. The predicted molar refractivity (Wildman–Crippen MR) is 175 cm³/mol. The summed E-state index contributed by atoms with van der Waals surface area (Å²) >= 11 is 0. The maximum absolute atomic E-state index is 12.4. The normalized spacial score (nSPS) is 22.8. The minimum atomic E-state index is -0.679. The molecule has 4 heterocycles. The number of likely N-dealkylation sites (tertiary alicyclic amines) is 1. The molecule has 3 aliphatic heterocycles. The number of anilines is 1. The first kappa shape index (κ1) is 33.2. The summed E-state index contributed by atoms with van der Waals surface area (Å²) in [5.41, 5.74) is 14.2. The zero-order valence-electron chi connectivity index (χ0n) is 26.7. The molecule has 4 aliphatic rings. The Labute approximate surface area is 271 Å². The van der Waals surface area contributed by atoms with Crippen LogP contribution in [-0.4, -0.2) is 96.3 Å². The number of nitrogens with one attached hydrogen (secondary N) is 3. The summed E-state index contributed by atoms with van der Waals surface area (Å²) < 4.78 is 0. The van der Waals surface area contributed by atoms with Crippen molar-refractivity contribution in [2.45, 2.75) is 76.3 Å². The number of amides is 4. The summed E-state index contributed by atoms with van der Waals surface area (Å²) in [5.74, 6) is -0.00177. The Morgan fingerprint density at radius 1 is 0.913 bits per heavy atom. The molecule has 1 saturated carbocycles. The maximum atomic E-state index is 12.4. The first-order chi connectivity index (χ1) is 22.2. The summed E-state index contributed by atoms with van der Waals surface area (Å²) in [5, 5.41) is 7.99. The van der Waals surface area contributed by atoms with Crippen LogP contribution in [0.25, 0.3) is 0 Å². The summed E-state index contributed by atoms with van der Waals surface area (Å²) in [4.78, 5) is 59.5. The Kier molecular flexibility index (Phi) is 11.5. The number of pyridine rings is 1. The number of piperidine rings is 2. The lowest BCUT2D eigenvalue weighted by Gasteiger charge is -2.40. The lowest BCUT2D eigenvalue weighted by Crippen LogP contribution is -2.52. The summed E-state index contributed by atoms with van der Waals surface area (Å²) in [6.45, 7) is 6.62. The maximum Gasteiger partial charge on any atom is 0.267 e. The van der Waals surface area contributed by atoms with E-state index in [9.17, 15) is 19.2 Å². The number of aromatic nitrogens is 1. The van der Waals surface area contributed by atoms with E-state index >= 15 is 0 Å². The van der Waals surface area contributed by atoms with Crippen molar-refractivity contribution < 1.29 is 19.2 Å². The van der Waals surface area contributed by atoms with Crippen molar-refractivity contribution in [2.24, 2.45) is 17.4 Å². The van der Waals surface area contributed by atoms with Gasteiger partial charge in [0.2, 0.25) is 17.7 Å². The fourth-order valence-electron chi connectivity index (χ4n) is 6.75. The third-order valence-electron chi connectivity index (χ3n) is 9.59. The predicted octanol–water partition coefficient (Wildman–Crippen LogP) is 0.471. The highest BCUT2D eigenvalue weighted by Crippen LogP contribution is 2.22. The number of nitrogens with two attached hydrogens (primary N) is 2. The smallest absolute Gasteiger partial charge is 0.267 e. The number of rotatable bonds is 10. The average Bonchev–Trinajstić information content (AvgIpc) is 3.06. The number of hydrogen-bond donors (Lipinski definition) is 5. The van der Waals surface area contributed by atoms with Gasteiger partial charge in [0.15, 0.2) is 0 Å². The van der Waals surface area contributed by atoms with Crippen LogP contribution >= 0.6 is 0 Å². The Morgan fingerprint density at radius 3 is 2.33 bits per heavy atom. The van der Waals surface area contributed by atoms with E-state index < -0.39 is 11.9 Å². The molecule has 5 rings (SSSR count). The molecule has 4 fully saturated rings. The average molecular weight is 636 g/mol. The van der Waals surface area contributed by atoms with Gasteiger partial charge >= 0.3 is 0 Å². The molecule has 13 nitrogen and oxygen atoms in total. The molecule has 7 N–H and O–H groups in total. The van der Waals surface area contributed by atoms with Crippen LogP contribution in [0.3, 0.4) is 0 Å². The van der Waals surface area contributed by atoms with Gasteiger partial charge < -0.3 is 31.9 Å². The molecule has 3 saturated heterocycles. The van der Waals surface area contributed by atoms with Crippen LogP contribution < -0.4 is 32.3 Å². The van der Waals surface area contributed by atoms with Crippen LogP contribution in [0.15, 0.2) is 42.0 Å². The number of nitrogens with zero attached hydrogens (tertiary/aromatic N) is 4. The van der Waals surface area contributed by atoms with E-state index in [2.05, 4.69) is 35.6 Å². The summed E-state index contributed by atoms with van der Waals surface area (Å²) in [7, 11) is 0. The SMILES string of the molecule is N/C(=C\C=C(/N)N1CCC(CN2CCN(c3ccc(CC(=O)NC4CCC(=O)NC4=O)nc3)CC2)CC1)C(=O)NC1CCCCC1. The highest BCUT2D eigenvalue weighted by molar-refractivity contribution is 6.01. The van der Waals surface area contributed by atoms with E-state index in [0.29, 0.717) is 23.9 Å². The highest BCUT2D eigenvalue weighted by Gasteiger charge is 2.28. The van der Waals surface area contributed by atoms with Crippen molar-refractivity contribution in [1.82, 2.24) is 30.7 Å². The molecule has 1 aromatic rings. The van der Waals surface area contributed by atoms with Gasteiger partial charge in [-0.2, -0.15) is 0 Å². The molecule has 0 aromatic carbocycles. The fourth-order valence-corrected chi connectivity index (χ4v) is 6.75. The van der Waals surface area contributed by atoms with E-state index in [0.717, 1.165) is 90.0 Å². The van der Waals surface area contributed by atoms with Crippen molar-refractivity contribution in [3.05, 3.63) is 47.7 Å². The van der Waals surface area contributed by atoms with Crippen molar-refractivity contribution in [2.75, 3.05) is 50.7 Å². The Bertz CT molecular complexity index is 1290. The second-order valence-corrected chi connectivity index (χ2v) is 13.0. The number of carbonyl (C=O) groups excluding carboxylic acids is 4. The van der Waals surface area contributed by atoms with E-state index in [1.165, 1.54) is 6.42 Å². The summed E-state index contributed by atoms with van der Waals surface area (Å²) in [6, 6.07) is 3.40. The fraction of sp³-hybridized carbons (Fsp3) is 0.606. The lowest BCUT2D eigenvalue weighted by atomic mass is 9.95. The third kappa shape index (κ3) is 9.44. The number of piperazine rings is 1. The quantitative estimate of drug-likeness (QED) is 0.138. The van der Waals surface area contributed by atoms with Gasteiger partial charge in [-0.25, -0.2) is 0 Å². The van der Waals surface area contributed by atoms with E-state index in [1.807, 2.05) is 18.3 Å². The first-order valence-electron chi connectivity index (χ1n) is 16.8. The number of hydrogen-bond acceptors (Lipinski definition) is 10. The van der Waals surface area contributed by atoms with Gasteiger partial charge in [-0.05, 0) is 62.3 Å². The molecule has 0 spiro atoms. The number of imide groups is 1. The molecule has 1 aliphatic carbocycles. The monoisotopic (exact) mass is 635 g/mol. The molecule has 46 heavy (non-hydrogen) atoms. The standard InChI is InChI=1S/C33H49N9O4/c34-27(32(45)37-24-4-2-1-3-5-24)8-10-29(35)42-14-12-23(13-15-42)22-40-16-18-41(19-17-40)26-7-6-25(36-21-26)20-31(44)38-28-9-11-30(43)39-33(28)46/h6-8,10,21,23-24,28H,1-5,9,11-20,22,34-35H2,(H,37,45)(H,38,44)(H,39,43,46)/b27-8-,29-10+. The van der Waals surface area contributed by atoms with Crippen molar-refractivity contribution in [1.29, 1.82) is 0 Å². The molecule has 1 atom stereocenters. The minimum Gasteiger partial charge on any atom is -0.394 e. The van der Waals surface area contributed by atoms with Gasteiger partial charge in [0.1, 0.15) is 6.04 Å². The van der Waals surface area contributed by atoms with Crippen LogP contribution in [-0.2, 0) is 25.6 Å². The van der Waals surface area contributed by atoms with Crippen molar-refractivity contribution >= 4 is 29.3 Å². The van der Waals surface area contributed by atoms with Gasteiger partial charge in [-0.1, -0.05) is 19.3 Å². The van der Waals surface area contributed by atoms with Crippen molar-refractivity contribution in [3.8, 4) is 0 Å². The van der Waals surface area contributed by atoms with Crippen LogP contribution in [0, 0.1) is 5.92 Å².